The van der Waals surface area contributed by atoms with E-state index in [9.17, 15) is 26.3 Å². The minimum Gasteiger partial charge on any atom is -0.478 e. The van der Waals surface area contributed by atoms with E-state index in [1.807, 2.05) is 6.07 Å². The van der Waals surface area contributed by atoms with Gasteiger partial charge in [-0.25, -0.2) is 13.2 Å². The van der Waals surface area contributed by atoms with E-state index in [1.54, 1.807) is 24.3 Å². The summed E-state index contributed by atoms with van der Waals surface area (Å²) in [4.78, 5) is 0. The van der Waals surface area contributed by atoms with Crippen LogP contribution in [0.1, 0.15) is 55.7 Å². The van der Waals surface area contributed by atoms with Crippen molar-refractivity contribution in [2.24, 2.45) is 0 Å². The molecule has 0 atom stereocenters. The predicted octanol–water partition coefficient (Wildman–Crippen LogP) is 8.50. The molecule has 0 saturated heterocycles. The quantitative estimate of drug-likeness (QED) is 0.197. The van der Waals surface area contributed by atoms with E-state index in [0.29, 0.717) is 18.4 Å². The van der Waals surface area contributed by atoms with Crippen LogP contribution in [0.25, 0.3) is 10.8 Å². The molecule has 7 heteroatoms. The molecule has 0 saturated carbocycles. The fourth-order valence-electron chi connectivity index (χ4n) is 3.96. The van der Waals surface area contributed by atoms with Crippen LogP contribution in [0.15, 0.2) is 42.5 Å². The first-order valence-corrected chi connectivity index (χ1v) is 11.6. The van der Waals surface area contributed by atoms with E-state index in [2.05, 4.69) is 11.7 Å². The summed E-state index contributed by atoms with van der Waals surface area (Å²) in [6.45, 7) is 0.379. The number of fused-ring (bicyclic) bond motifs is 1. The molecule has 0 aliphatic carbocycles. The van der Waals surface area contributed by atoms with Gasteiger partial charge in [0.2, 0.25) is 0 Å². The Bertz CT molecular complexity index is 1110. The Hall–Kier alpha value is -2.70. The van der Waals surface area contributed by atoms with Crippen molar-refractivity contribution in [3.63, 3.8) is 0 Å². The number of aryl methyl sites for hydroxylation is 3. The summed E-state index contributed by atoms with van der Waals surface area (Å²) in [5.41, 5.74) is 2.26. The van der Waals surface area contributed by atoms with E-state index in [4.69, 9.17) is 0 Å². The third kappa shape index (κ3) is 7.15. The maximum Gasteiger partial charge on any atom is 0.422 e. The molecule has 34 heavy (non-hydrogen) atoms. The average Bonchev–Trinajstić information content (AvgIpc) is 2.77. The fraction of sp³-hybridized carbons (Fsp3) is 0.407. The molecule has 3 aromatic rings. The molecule has 184 valence electrons. The van der Waals surface area contributed by atoms with Crippen LogP contribution in [0.3, 0.4) is 0 Å². The molecule has 0 aliphatic rings. The topological polar surface area (TPSA) is 9.23 Å². The minimum absolute atomic E-state index is 0.0446. The van der Waals surface area contributed by atoms with Gasteiger partial charge >= 0.3 is 6.18 Å². The maximum atomic E-state index is 14.5. The predicted molar refractivity (Wildman–Crippen MR) is 122 cm³/mol. The van der Waals surface area contributed by atoms with Gasteiger partial charge in [-0.2, -0.15) is 13.2 Å². The van der Waals surface area contributed by atoms with Crippen LogP contribution in [0.5, 0.6) is 5.75 Å². The molecule has 0 heterocycles. The fourth-order valence-corrected chi connectivity index (χ4v) is 3.96. The molecule has 0 unspecified atom stereocenters. The van der Waals surface area contributed by atoms with Gasteiger partial charge in [0.05, 0.1) is 0 Å². The van der Waals surface area contributed by atoms with E-state index in [1.165, 1.54) is 25.3 Å². The lowest BCUT2D eigenvalue weighted by atomic mass is 9.98. The second-order valence-corrected chi connectivity index (χ2v) is 8.55. The standard InChI is InChI=1S/C27H28F6O/c1-2-3-4-5-6-7-18-8-11-20(23(28)15-18)12-9-19-10-13-22-21(14-19)16-24(29)26(25(22)30)34-17-27(31,32)33/h8,10-11,13-16H,2-7,9,12,17H2,1H3. The Morgan fingerprint density at radius 1 is 0.735 bits per heavy atom. The lowest BCUT2D eigenvalue weighted by Gasteiger charge is -2.13. The van der Waals surface area contributed by atoms with Gasteiger partial charge in [0.25, 0.3) is 0 Å². The van der Waals surface area contributed by atoms with Gasteiger partial charge in [-0.1, -0.05) is 62.9 Å². The van der Waals surface area contributed by atoms with E-state index in [-0.39, 0.29) is 16.6 Å². The summed E-state index contributed by atoms with van der Waals surface area (Å²) in [6.07, 6.45) is 2.75. The zero-order valence-electron chi connectivity index (χ0n) is 19.1. The Balaban J connectivity index is 1.65. The first-order valence-electron chi connectivity index (χ1n) is 11.6. The number of halogens is 6. The van der Waals surface area contributed by atoms with Crippen LogP contribution in [0.2, 0.25) is 0 Å². The first kappa shape index (κ1) is 25.9. The van der Waals surface area contributed by atoms with Gasteiger partial charge in [-0.3, -0.25) is 0 Å². The third-order valence-corrected chi connectivity index (χ3v) is 5.80. The van der Waals surface area contributed by atoms with Crippen molar-refractivity contribution in [1.82, 2.24) is 0 Å². The summed E-state index contributed by atoms with van der Waals surface area (Å²) in [6, 6.07) is 10.8. The zero-order valence-corrected chi connectivity index (χ0v) is 19.1. The largest absolute Gasteiger partial charge is 0.478 e. The average molecular weight is 483 g/mol. The van der Waals surface area contributed by atoms with Crippen molar-refractivity contribution in [1.29, 1.82) is 0 Å². The minimum atomic E-state index is -4.71. The molecule has 3 aromatic carbocycles. The Labute approximate surface area is 195 Å². The van der Waals surface area contributed by atoms with E-state index in [0.717, 1.165) is 36.5 Å². The SMILES string of the molecule is CCCCCCCc1ccc(CCc2ccc3c(F)c(OCC(F)(F)F)c(F)cc3c2)c(F)c1. The molecular weight excluding hydrogens is 454 g/mol. The number of ether oxygens (including phenoxy) is 1. The van der Waals surface area contributed by atoms with Crippen molar-refractivity contribution in [3.05, 3.63) is 76.6 Å². The van der Waals surface area contributed by atoms with E-state index >= 15 is 0 Å². The monoisotopic (exact) mass is 482 g/mol. The van der Waals surface area contributed by atoms with Crippen molar-refractivity contribution in [2.45, 2.75) is 64.5 Å². The molecule has 0 bridgehead atoms. The highest BCUT2D eigenvalue weighted by Gasteiger charge is 2.30. The molecule has 3 rings (SSSR count). The number of benzene rings is 3. The molecule has 0 amide bonds. The van der Waals surface area contributed by atoms with Gasteiger partial charge in [0.1, 0.15) is 5.82 Å². The van der Waals surface area contributed by atoms with Crippen LogP contribution in [0, 0.1) is 17.5 Å². The van der Waals surface area contributed by atoms with Crippen molar-refractivity contribution >= 4 is 10.8 Å². The van der Waals surface area contributed by atoms with E-state index < -0.39 is 30.2 Å². The smallest absolute Gasteiger partial charge is 0.422 e. The van der Waals surface area contributed by atoms with Gasteiger partial charge in [-0.15, -0.1) is 0 Å². The third-order valence-electron chi connectivity index (χ3n) is 5.80. The molecule has 0 aliphatic heterocycles. The van der Waals surface area contributed by atoms with Crippen LogP contribution in [-0.4, -0.2) is 12.8 Å². The second kappa shape index (κ2) is 11.6. The summed E-state index contributed by atoms with van der Waals surface area (Å²) < 4.78 is 84.7. The van der Waals surface area contributed by atoms with Gasteiger partial charge in [0, 0.05) is 5.39 Å². The molecule has 0 N–H and O–H groups in total. The van der Waals surface area contributed by atoms with Gasteiger partial charge < -0.3 is 4.74 Å². The highest BCUT2D eigenvalue weighted by Crippen LogP contribution is 2.32. The van der Waals surface area contributed by atoms with Crippen molar-refractivity contribution in [2.75, 3.05) is 6.61 Å². The first-order chi connectivity index (χ1) is 16.2. The zero-order chi connectivity index (χ0) is 24.7. The molecule has 1 nitrogen and oxygen atoms in total. The summed E-state index contributed by atoms with van der Waals surface area (Å²) in [5, 5.41) is 0.155. The van der Waals surface area contributed by atoms with Gasteiger partial charge in [-0.05, 0) is 59.9 Å². The Morgan fingerprint density at radius 2 is 1.44 bits per heavy atom. The van der Waals surface area contributed by atoms with Crippen LogP contribution >= 0.6 is 0 Å². The molecular formula is C27H28F6O. The summed E-state index contributed by atoms with van der Waals surface area (Å²) >= 11 is 0. The molecule has 0 aromatic heterocycles. The highest BCUT2D eigenvalue weighted by molar-refractivity contribution is 5.85. The Kier molecular flexibility index (Phi) is 8.86. The lowest BCUT2D eigenvalue weighted by Crippen LogP contribution is -2.20. The second-order valence-electron chi connectivity index (χ2n) is 8.55. The molecule has 0 radical (unpaired) electrons. The molecule has 0 spiro atoms. The van der Waals surface area contributed by atoms with Crippen LogP contribution in [0.4, 0.5) is 26.3 Å². The van der Waals surface area contributed by atoms with Crippen LogP contribution in [-0.2, 0) is 19.3 Å². The normalized spacial score (nSPS) is 11.9. The molecule has 0 fully saturated rings. The number of hydrogen-bond donors (Lipinski definition) is 0. The summed E-state index contributed by atoms with van der Waals surface area (Å²) in [5.74, 6) is -3.70. The van der Waals surface area contributed by atoms with Gasteiger partial charge in [0.15, 0.2) is 24.0 Å². The maximum absolute atomic E-state index is 14.5. The number of alkyl halides is 3. The number of hydrogen-bond acceptors (Lipinski definition) is 1. The Morgan fingerprint density at radius 3 is 2.15 bits per heavy atom. The highest BCUT2D eigenvalue weighted by atomic mass is 19.4. The number of unbranched alkanes of at least 4 members (excludes halogenated alkanes) is 4. The van der Waals surface area contributed by atoms with Crippen molar-refractivity contribution < 1.29 is 31.1 Å². The van der Waals surface area contributed by atoms with Crippen molar-refractivity contribution in [3.8, 4) is 5.75 Å². The summed E-state index contributed by atoms with van der Waals surface area (Å²) in [7, 11) is 0. The van der Waals surface area contributed by atoms with Crippen LogP contribution < -0.4 is 4.74 Å². The lowest BCUT2D eigenvalue weighted by molar-refractivity contribution is -0.154. The number of rotatable bonds is 11.